The monoisotopic (exact) mass is 368 g/mol. The van der Waals surface area contributed by atoms with E-state index < -0.39 is 0 Å². The molecule has 0 aliphatic rings. The first-order valence-electron chi connectivity index (χ1n) is 6.68. The van der Waals surface area contributed by atoms with E-state index in [2.05, 4.69) is 33.5 Å². The van der Waals surface area contributed by atoms with Gasteiger partial charge in [0.25, 0.3) is 0 Å². The van der Waals surface area contributed by atoms with Gasteiger partial charge in [0.15, 0.2) is 0 Å². The highest BCUT2D eigenvalue weighted by molar-refractivity contribution is 9.10. The van der Waals surface area contributed by atoms with Crippen molar-refractivity contribution in [2.75, 3.05) is 5.75 Å². The van der Waals surface area contributed by atoms with Crippen LogP contribution in [-0.2, 0) is 6.42 Å². The quantitative estimate of drug-likeness (QED) is 0.458. The fourth-order valence-electron chi connectivity index (χ4n) is 2.05. The maximum Gasteiger partial charge on any atom is 0.123 e. The summed E-state index contributed by atoms with van der Waals surface area (Å²) in [6.45, 7) is 1.92. The molecule has 0 fully saturated rings. The second-order valence-electron chi connectivity index (χ2n) is 4.90. The Bertz CT molecular complexity index is 589. The Morgan fingerprint density at radius 3 is 2.57 bits per heavy atom. The number of hydrazine groups is 1. The summed E-state index contributed by atoms with van der Waals surface area (Å²) in [5.41, 5.74) is 4.93. The second kappa shape index (κ2) is 7.94. The maximum absolute atomic E-state index is 13.1. The topological polar surface area (TPSA) is 38.0 Å². The van der Waals surface area contributed by atoms with E-state index >= 15 is 0 Å². The van der Waals surface area contributed by atoms with Crippen LogP contribution in [0.1, 0.15) is 11.1 Å². The van der Waals surface area contributed by atoms with Crippen molar-refractivity contribution in [3.63, 3.8) is 0 Å². The van der Waals surface area contributed by atoms with Crippen molar-refractivity contribution < 1.29 is 4.39 Å². The number of aryl methyl sites for hydroxylation is 1. The fraction of sp³-hybridized carbons (Fsp3) is 0.250. The van der Waals surface area contributed by atoms with E-state index in [1.165, 1.54) is 11.0 Å². The SMILES string of the molecule is Cc1cc(F)ccc1CC(CSc1ccc(Br)cc1)NN. The number of nitrogens with one attached hydrogen (secondary N) is 1. The molecule has 2 aromatic rings. The third-order valence-electron chi connectivity index (χ3n) is 3.27. The zero-order chi connectivity index (χ0) is 15.2. The Hall–Kier alpha value is -0.880. The Labute approximate surface area is 137 Å². The van der Waals surface area contributed by atoms with Crippen LogP contribution in [0.25, 0.3) is 0 Å². The minimum Gasteiger partial charge on any atom is -0.271 e. The normalized spacial score (nSPS) is 12.4. The Kier molecular flexibility index (Phi) is 6.23. The zero-order valence-corrected chi connectivity index (χ0v) is 14.2. The third kappa shape index (κ3) is 5.11. The highest BCUT2D eigenvalue weighted by Crippen LogP contribution is 2.22. The van der Waals surface area contributed by atoms with E-state index in [9.17, 15) is 4.39 Å². The van der Waals surface area contributed by atoms with E-state index in [0.29, 0.717) is 0 Å². The molecular weight excluding hydrogens is 351 g/mol. The molecule has 3 N–H and O–H groups in total. The number of nitrogens with two attached hydrogens (primary N) is 1. The summed E-state index contributed by atoms with van der Waals surface area (Å²) in [6, 6.07) is 13.2. The first kappa shape index (κ1) is 16.5. The minimum absolute atomic E-state index is 0.141. The van der Waals surface area contributed by atoms with Gasteiger partial charge in [-0.1, -0.05) is 22.0 Å². The molecule has 5 heteroatoms. The lowest BCUT2D eigenvalue weighted by molar-refractivity contribution is 0.572. The summed E-state index contributed by atoms with van der Waals surface area (Å²) < 4.78 is 14.2. The minimum atomic E-state index is -0.197. The molecule has 1 atom stereocenters. The Morgan fingerprint density at radius 1 is 1.24 bits per heavy atom. The molecule has 0 saturated heterocycles. The molecule has 0 aliphatic heterocycles. The van der Waals surface area contributed by atoms with Crippen molar-refractivity contribution in [2.45, 2.75) is 24.3 Å². The highest BCUT2D eigenvalue weighted by atomic mass is 79.9. The standard InChI is InChI=1S/C16H18BrFN2S/c1-11-8-14(18)5-2-12(11)9-15(20-19)10-21-16-6-3-13(17)4-7-16/h2-8,15,20H,9-10,19H2,1H3. The van der Waals surface area contributed by atoms with Gasteiger partial charge in [0.2, 0.25) is 0 Å². The molecule has 0 heterocycles. The van der Waals surface area contributed by atoms with E-state index in [1.54, 1.807) is 17.8 Å². The first-order chi connectivity index (χ1) is 10.1. The van der Waals surface area contributed by atoms with Crippen LogP contribution in [0, 0.1) is 12.7 Å². The summed E-state index contributed by atoms with van der Waals surface area (Å²) in [5, 5.41) is 0. The van der Waals surface area contributed by atoms with Crippen molar-refractivity contribution in [3.8, 4) is 0 Å². The fourth-order valence-corrected chi connectivity index (χ4v) is 3.25. The van der Waals surface area contributed by atoms with E-state index in [1.807, 2.05) is 25.1 Å². The third-order valence-corrected chi connectivity index (χ3v) is 4.97. The van der Waals surface area contributed by atoms with Gasteiger partial charge in [-0.05, 0) is 60.9 Å². The predicted octanol–water partition coefficient (Wildman–Crippen LogP) is 4.06. The summed E-state index contributed by atoms with van der Waals surface area (Å²) in [5.74, 6) is 6.30. The number of halogens is 2. The lowest BCUT2D eigenvalue weighted by atomic mass is 10.0. The number of hydrogen-bond donors (Lipinski definition) is 2. The van der Waals surface area contributed by atoms with Crippen molar-refractivity contribution in [3.05, 3.63) is 63.9 Å². The predicted molar refractivity (Wildman–Crippen MR) is 90.8 cm³/mol. The number of benzene rings is 2. The lowest BCUT2D eigenvalue weighted by Gasteiger charge is -2.17. The number of hydrogen-bond acceptors (Lipinski definition) is 3. The molecule has 2 nitrogen and oxygen atoms in total. The number of rotatable bonds is 6. The molecule has 2 rings (SSSR count). The zero-order valence-electron chi connectivity index (χ0n) is 11.8. The van der Waals surface area contributed by atoms with Gasteiger partial charge in [0.05, 0.1) is 0 Å². The van der Waals surface area contributed by atoms with Crippen LogP contribution in [0.15, 0.2) is 51.8 Å². The molecule has 0 aromatic heterocycles. The van der Waals surface area contributed by atoms with Crippen LogP contribution in [0.3, 0.4) is 0 Å². The largest absolute Gasteiger partial charge is 0.271 e. The molecule has 0 aliphatic carbocycles. The van der Waals surface area contributed by atoms with Crippen LogP contribution < -0.4 is 11.3 Å². The van der Waals surface area contributed by atoms with Crippen molar-refractivity contribution >= 4 is 27.7 Å². The smallest absolute Gasteiger partial charge is 0.123 e. The maximum atomic E-state index is 13.1. The average molecular weight is 369 g/mol. The molecule has 0 spiro atoms. The van der Waals surface area contributed by atoms with Gasteiger partial charge in [-0.25, -0.2) is 4.39 Å². The lowest BCUT2D eigenvalue weighted by Crippen LogP contribution is -2.38. The highest BCUT2D eigenvalue weighted by Gasteiger charge is 2.10. The summed E-state index contributed by atoms with van der Waals surface area (Å²) in [6.07, 6.45) is 0.784. The first-order valence-corrected chi connectivity index (χ1v) is 8.46. The molecule has 0 saturated carbocycles. The van der Waals surface area contributed by atoms with Crippen molar-refractivity contribution in [1.29, 1.82) is 0 Å². The van der Waals surface area contributed by atoms with E-state index in [4.69, 9.17) is 5.84 Å². The van der Waals surface area contributed by atoms with Gasteiger partial charge >= 0.3 is 0 Å². The van der Waals surface area contributed by atoms with Crippen molar-refractivity contribution in [2.24, 2.45) is 5.84 Å². The van der Waals surface area contributed by atoms with Gasteiger partial charge in [-0.2, -0.15) is 0 Å². The van der Waals surface area contributed by atoms with Gasteiger partial charge in [0.1, 0.15) is 5.82 Å². The van der Waals surface area contributed by atoms with Crippen LogP contribution in [0.2, 0.25) is 0 Å². The Morgan fingerprint density at radius 2 is 1.95 bits per heavy atom. The van der Waals surface area contributed by atoms with Crippen LogP contribution in [0.5, 0.6) is 0 Å². The van der Waals surface area contributed by atoms with Gasteiger partial charge in [0, 0.05) is 21.2 Å². The summed E-state index contributed by atoms with van der Waals surface area (Å²) in [7, 11) is 0. The molecule has 112 valence electrons. The molecular formula is C16H18BrFN2S. The van der Waals surface area contributed by atoms with E-state index in [0.717, 1.165) is 27.8 Å². The molecule has 0 amide bonds. The van der Waals surface area contributed by atoms with Crippen LogP contribution >= 0.6 is 27.7 Å². The average Bonchev–Trinajstić information content (AvgIpc) is 2.47. The van der Waals surface area contributed by atoms with Crippen LogP contribution in [0.4, 0.5) is 4.39 Å². The summed E-state index contributed by atoms with van der Waals surface area (Å²) >= 11 is 5.18. The van der Waals surface area contributed by atoms with Gasteiger partial charge in [-0.3, -0.25) is 11.3 Å². The Balaban J connectivity index is 1.95. The molecule has 1 unspecified atom stereocenters. The van der Waals surface area contributed by atoms with Gasteiger partial charge in [-0.15, -0.1) is 11.8 Å². The molecule has 21 heavy (non-hydrogen) atoms. The van der Waals surface area contributed by atoms with Crippen LogP contribution in [-0.4, -0.2) is 11.8 Å². The van der Waals surface area contributed by atoms with Gasteiger partial charge < -0.3 is 0 Å². The van der Waals surface area contributed by atoms with E-state index in [-0.39, 0.29) is 11.9 Å². The molecule has 0 bridgehead atoms. The summed E-state index contributed by atoms with van der Waals surface area (Å²) in [4.78, 5) is 1.20. The number of thioether (sulfide) groups is 1. The van der Waals surface area contributed by atoms with Crippen molar-refractivity contribution in [1.82, 2.24) is 5.43 Å². The molecule has 0 radical (unpaired) electrons. The second-order valence-corrected chi connectivity index (χ2v) is 6.91. The molecule has 2 aromatic carbocycles.